The Hall–Kier alpha value is -1.27. The average molecular weight is 284 g/mol. The fraction of sp³-hybridized carbons (Fsp3) is 0.462. The predicted octanol–water partition coefficient (Wildman–Crippen LogP) is 1.80. The number of carbonyl (C=O) groups is 1. The Labute approximate surface area is 115 Å². The average Bonchev–Trinajstić information content (AvgIpc) is 2.39. The number of thioether (sulfide) groups is 1. The molecule has 1 aromatic carbocycles. The fourth-order valence-electron chi connectivity index (χ4n) is 1.91. The zero-order valence-electron chi connectivity index (χ0n) is 10.5. The molecule has 0 unspecified atom stereocenters. The SMILES string of the molecule is Nc1cc(F)ccc1SCC(=O)NC1CCOCC1. The van der Waals surface area contributed by atoms with E-state index in [0.717, 1.165) is 17.7 Å². The highest BCUT2D eigenvalue weighted by atomic mass is 32.2. The molecule has 1 aliphatic rings. The van der Waals surface area contributed by atoms with Gasteiger partial charge < -0.3 is 15.8 Å². The van der Waals surface area contributed by atoms with Crippen LogP contribution in [0.15, 0.2) is 23.1 Å². The van der Waals surface area contributed by atoms with Gasteiger partial charge in [0.2, 0.25) is 5.91 Å². The van der Waals surface area contributed by atoms with Crippen molar-refractivity contribution in [3.8, 4) is 0 Å². The number of nitrogens with one attached hydrogen (secondary N) is 1. The Balaban J connectivity index is 1.79. The van der Waals surface area contributed by atoms with Crippen LogP contribution in [0, 0.1) is 5.82 Å². The number of anilines is 1. The van der Waals surface area contributed by atoms with Crippen LogP contribution in [0.25, 0.3) is 0 Å². The summed E-state index contributed by atoms with van der Waals surface area (Å²) >= 11 is 1.32. The van der Waals surface area contributed by atoms with Gasteiger partial charge in [0.1, 0.15) is 5.82 Å². The summed E-state index contributed by atoms with van der Waals surface area (Å²) < 4.78 is 18.1. The maximum Gasteiger partial charge on any atom is 0.230 e. The number of ether oxygens (including phenoxy) is 1. The molecular formula is C13H17FN2O2S. The van der Waals surface area contributed by atoms with Crippen molar-refractivity contribution in [3.05, 3.63) is 24.0 Å². The largest absolute Gasteiger partial charge is 0.398 e. The summed E-state index contributed by atoms with van der Waals surface area (Å²) in [4.78, 5) is 12.5. The quantitative estimate of drug-likeness (QED) is 0.653. The topological polar surface area (TPSA) is 64.4 Å². The number of rotatable bonds is 4. The standard InChI is InChI=1S/C13H17FN2O2S/c14-9-1-2-12(11(15)7-9)19-8-13(17)16-10-3-5-18-6-4-10/h1-2,7,10H,3-6,8,15H2,(H,16,17). The van der Waals surface area contributed by atoms with Crippen molar-refractivity contribution in [2.75, 3.05) is 24.7 Å². The van der Waals surface area contributed by atoms with Gasteiger partial charge >= 0.3 is 0 Å². The van der Waals surface area contributed by atoms with E-state index >= 15 is 0 Å². The number of benzene rings is 1. The minimum atomic E-state index is -0.367. The van der Waals surface area contributed by atoms with Gasteiger partial charge in [0, 0.05) is 29.8 Å². The Morgan fingerprint density at radius 2 is 2.21 bits per heavy atom. The van der Waals surface area contributed by atoms with Gasteiger partial charge in [0.15, 0.2) is 0 Å². The summed E-state index contributed by atoms with van der Waals surface area (Å²) in [6.07, 6.45) is 1.71. The summed E-state index contributed by atoms with van der Waals surface area (Å²) in [5, 5.41) is 2.97. The van der Waals surface area contributed by atoms with Crippen LogP contribution in [0.3, 0.4) is 0 Å². The fourth-order valence-corrected chi connectivity index (χ4v) is 2.67. The normalized spacial score (nSPS) is 16.3. The maximum atomic E-state index is 12.9. The molecular weight excluding hydrogens is 267 g/mol. The van der Waals surface area contributed by atoms with Crippen LogP contribution < -0.4 is 11.1 Å². The third kappa shape index (κ3) is 4.40. The molecule has 4 nitrogen and oxygen atoms in total. The van der Waals surface area contributed by atoms with Crippen molar-refractivity contribution < 1.29 is 13.9 Å². The van der Waals surface area contributed by atoms with Crippen LogP contribution >= 0.6 is 11.8 Å². The first-order valence-corrected chi connectivity index (χ1v) is 7.18. The first kappa shape index (κ1) is 14.1. The molecule has 1 saturated heterocycles. The Morgan fingerprint density at radius 3 is 2.89 bits per heavy atom. The third-order valence-electron chi connectivity index (χ3n) is 2.92. The van der Waals surface area contributed by atoms with Gasteiger partial charge in [0.05, 0.1) is 5.75 Å². The lowest BCUT2D eigenvalue weighted by Crippen LogP contribution is -2.39. The van der Waals surface area contributed by atoms with Gasteiger partial charge in [-0.25, -0.2) is 4.39 Å². The second kappa shape index (κ2) is 6.77. The van der Waals surface area contributed by atoms with Crippen molar-refractivity contribution in [1.82, 2.24) is 5.32 Å². The molecule has 1 amide bonds. The smallest absolute Gasteiger partial charge is 0.230 e. The predicted molar refractivity (Wildman–Crippen MR) is 73.5 cm³/mol. The number of hydrogen-bond donors (Lipinski definition) is 2. The van der Waals surface area contributed by atoms with E-state index in [2.05, 4.69) is 5.32 Å². The van der Waals surface area contributed by atoms with Crippen LogP contribution in [0.2, 0.25) is 0 Å². The Morgan fingerprint density at radius 1 is 1.47 bits per heavy atom. The maximum absolute atomic E-state index is 12.9. The molecule has 19 heavy (non-hydrogen) atoms. The van der Waals surface area contributed by atoms with Crippen LogP contribution in [0.5, 0.6) is 0 Å². The summed E-state index contributed by atoms with van der Waals surface area (Å²) in [6, 6.07) is 4.40. The lowest BCUT2D eigenvalue weighted by molar-refractivity contribution is -0.119. The van der Waals surface area contributed by atoms with Gasteiger partial charge in [-0.05, 0) is 31.0 Å². The molecule has 1 aromatic rings. The molecule has 1 aliphatic heterocycles. The number of amides is 1. The molecule has 3 N–H and O–H groups in total. The van der Waals surface area contributed by atoms with Crippen LogP contribution in [0.1, 0.15) is 12.8 Å². The highest BCUT2D eigenvalue weighted by molar-refractivity contribution is 8.00. The van der Waals surface area contributed by atoms with E-state index in [0.29, 0.717) is 18.9 Å². The lowest BCUT2D eigenvalue weighted by atomic mass is 10.1. The molecule has 1 fully saturated rings. The molecule has 6 heteroatoms. The second-order valence-corrected chi connectivity index (χ2v) is 5.44. The number of nitrogen functional groups attached to an aromatic ring is 1. The van der Waals surface area contributed by atoms with Crippen LogP contribution in [-0.2, 0) is 9.53 Å². The van der Waals surface area contributed by atoms with Crippen molar-refractivity contribution in [1.29, 1.82) is 0 Å². The van der Waals surface area contributed by atoms with E-state index in [1.54, 1.807) is 6.07 Å². The van der Waals surface area contributed by atoms with Gasteiger partial charge in [-0.15, -0.1) is 11.8 Å². The highest BCUT2D eigenvalue weighted by Crippen LogP contribution is 2.25. The van der Waals surface area contributed by atoms with E-state index in [-0.39, 0.29) is 23.5 Å². The minimum absolute atomic E-state index is 0.0272. The van der Waals surface area contributed by atoms with E-state index in [1.807, 2.05) is 0 Å². The van der Waals surface area contributed by atoms with Crippen LogP contribution in [0.4, 0.5) is 10.1 Å². The molecule has 2 rings (SSSR count). The summed E-state index contributed by atoms with van der Waals surface area (Å²) in [6.45, 7) is 1.39. The zero-order valence-corrected chi connectivity index (χ0v) is 11.3. The number of halogens is 1. The number of carbonyl (C=O) groups excluding carboxylic acids is 1. The molecule has 0 atom stereocenters. The van der Waals surface area contributed by atoms with Crippen molar-refractivity contribution in [2.45, 2.75) is 23.8 Å². The monoisotopic (exact) mass is 284 g/mol. The zero-order chi connectivity index (χ0) is 13.7. The van der Waals surface area contributed by atoms with E-state index in [9.17, 15) is 9.18 Å². The minimum Gasteiger partial charge on any atom is -0.398 e. The molecule has 0 aromatic heterocycles. The first-order valence-electron chi connectivity index (χ1n) is 6.20. The van der Waals surface area contributed by atoms with Crippen molar-refractivity contribution in [3.63, 3.8) is 0 Å². The number of nitrogens with two attached hydrogens (primary N) is 1. The highest BCUT2D eigenvalue weighted by Gasteiger charge is 2.16. The molecule has 0 radical (unpaired) electrons. The summed E-state index contributed by atoms with van der Waals surface area (Å²) in [5.41, 5.74) is 6.05. The third-order valence-corrected chi connectivity index (χ3v) is 4.01. The molecule has 0 aliphatic carbocycles. The van der Waals surface area contributed by atoms with Gasteiger partial charge in [-0.1, -0.05) is 0 Å². The van der Waals surface area contributed by atoms with Gasteiger partial charge in [-0.3, -0.25) is 4.79 Å². The molecule has 0 spiro atoms. The van der Waals surface area contributed by atoms with Gasteiger partial charge in [0.25, 0.3) is 0 Å². The molecule has 1 heterocycles. The summed E-state index contributed by atoms with van der Waals surface area (Å²) in [7, 11) is 0. The van der Waals surface area contributed by atoms with Crippen LogP contribution in [-0.4, -0.2) is 30.9 Å². The number of hydrogen-bond acceptors (Lipinski definition) is 4. The molecule has 0 bridgehead atoms. The Kier molecular flexibility index (Phi) is 5.04. The van der Waals surface area contributed by atoms with E-state index in [4.69, 9.17) is 10.5 Å². The Bertz CT molecular complexity index is 450. The van der Waals surface area contributed by atoms with E-state index in [1.165, 1.54) is 23.9 Å². The van der Waals surface area contributed by atoms with E-state index < -0.39 is 0 Å². The summed E-state index contributed by atoms with van der Waals surface area (Å²) in [5.74, 6) is -0.109. The first-order chi connectivity index (χ1) is 9.15. The molecule has 0 saturated carbocycles. The lowest BCUT2D eigenvalue weighted by Gasteiger charge is -2.23. The van der Waals surface area contributed by atoms with Crippen molar-refractivity contribution >= 4 is 23.4 Å². The van der Waals surface area contributed by atoms with Gasteiger partial charge in [-0.2, -0.15) is 0 Å². The van der Waals surface area contributed by atoms with Crippen molar-refractivity contribution in [2.24, 2.45) is 0 Å². The second-order valence-electron chi connectivity index (χ2n) is 4.42. The molecule has 104 valence electrons.